The fourth-order valence-corrected chi connectivity index (χ4v) is 3.13. The Morgan fingerprint density at radius 3 is 2.19 bits per heavy atom. The Balaban J connectivity index is 2.82. The molecule has 0 aliphatic heterocycles. The van der Waals surface area contributed by atoms with Crippen LogP contribution in [-0.2, 0) is 19.1 Å². The fraction of sp³-hybridized carbons (Fsp3) is 0.500. The van der Waals surface area contributed by atoms with Gasteiger partial charge in [0.2, 0.25) is 0 Å². The topological polar surface area (TPSA) is 81.7 Å². The summed E-state index contributed by atoms with van der Waals surface area (Å²) in [4.78, 5) is 11.4. The van der Waals surface area contributed by atoms with Gasteiger partial charge in [0.1, 0.15) is 4.90 Å². The third-order valence-corrected chi connectivity index (χ3v) is 4.08. The van der Waals surface area contributed by atoms with Crippen molar-refractivity contribution < 1.29 is 22.2 Å². The Hall–Kier alpha value is -1.60. The smallest absolute Gasteiger partial charge is 0.432 e. The summed E-state index contributed by atoms with van der Waals surface area (Å²) >= 11 is 0. The monoisotopic (exact) mass is 315 g/mol. The quantitative estimate of drug-likeness (QED) is 0.845. The summed E-state index contributed by atoms with van der Waals surface area (Å²) in [5, 5.41) is 0. The van der Waals surface area contributed by atoms with Crippen LogP contribution in [0.25, 0.3) is 0 Å². The summed E-state index contributed by atoms with van der Waals surface area (Å²) in [5.41, 5.74) is 3.87. The number of aryl methyl sites for hydroxylation is 3. The molecule has 1 rings (SSSR count). The highest BCUT2D eigenvalue weighted by atomic mass is 32.2. The second-order valence-corrected chi connectivity index (χ2v) is 6.84. The van der Waals surface area contributed by atoms with E-state index in [1.165, 1.54) is 0 Å². The van der Waals surface area contributed by atoms with Crippen LogP contribution in [-0.4, -0.2) is 21.1 Å². The lowest BCUT2D eigenvalue weighted by atomic mass is 10.1. The molecule has 118 valence electrons. The highest BCUT2D eigenvalue weighted by Gasteiger charge is 2.22. The van der Waals surface area contributed by atoms with Crippen molar-refractivity contribution in [2.75, 3.05) is 6.61 Å². The van der Waals surface area contributed by atoms with Crippen molar-refractivity contribution in [1.82, 2.24) is 5.48 Å². The Morgan fingerprint density at radius 2 is 1.71 bits per heavy atom. The zero-order chi connectivity index (χ0) is 16.2. The van der Waals surface area contributed by atoms with Crippen LogP contribution in [0.15, 0.2) is 17.0 Å². The first-order chi connectivity index (χ1) is 9.63. The van der Waals surface area contributed by atoms with Crippen molar-refractivity contribution in [3.8, 4) is 0 Å². The predicted octanol–water partition coefficient (Wildman–Crippen LogP) is 2.61. The largest absolute Gasteiger partial charge is 0.448 e. The van der Waals surface area contributed by atoms with Gasteiger partial charge in [-0.1, -0.05) is 31.5 Å². The fourth-order valence-electron chi connectivity index (χ4n) is 1.96. The standard InChI is InChI=1S/C14H21NO5S/c1-9(2)8-19-14(16)15-20-21(17,18)13-11(4)6-10(3)7-12(13)5/h6-7,9H,8H2,1-5H3,(H,15,16). The van der Waals surface area contributed by atoms with Crippen molar-refractivity contribution in [2.45, 2.75) is 39.5 Å². The zero-order valence-electron chi connectivity index (χ0n) is 12.9. The van der Waals surface area contributed by atoms with Gasteiger partial charge < -0.3 is 4.74 Å². The average Bonchev–Trinajstić information content (AvgIpc) is 2.32. The van der Waals surface area contributed by atoms with Gasteiger partial charge in [-0.05, 0) is 37.8 Å². The van der Waals surface area contributed by atoms with Gasteiger partial charge >= 0.3 is 16.2 Å². The molecule has 1 aromatic rings. The van der Waals surface area contributed by atoms with Crippen LogP contribution in [0.1, 0.15) is 30.5 Å². The maximum absolute atomic E-state index is 12.1. The van der Waals surface area contributed by atoms with Gasteiger partial charge in [-0.3, -0.25) is 0 Å². The van der Waals surface area contributed by atoms with Crippen molar-refractivity contribution in [3.05, 3.63) is 28.8 Å². The normalized spacial score (nSPS) is 11.5. The molecule has 0 bridgehead atoms. The summed E-state index contributed by atoms with van der Waals surface area (Å²) in [6.45, 7) is 9.13. The molecule has 0 radical (unpaired) electrons. The third-order valence-electron chi connectivity index (χ3n) is 2.64. The molecule has 0 aliphatic rings. The number of hydrogen-bond donors (Lipinski definition) is 1. The van der Waals surface area contributed by atoms with Gasteiger partial charge in [0.25, 0.3) is 0 Å². The van der Waals surface area contributed by atoms with E-state index in [-0.39, 0.29) is 17.4 Å². The number of rotatable bonds is 5. The number of carbonyl (C=O) groups excluding carboxylic acids is 1. The maximum atomic E-state index is 12.1. The van der Waals surface area contributed by atoms with Crippen LogP contribution in [0.4, 0.5) is 4.79 Å². The first-order valence-corrected chi connectivity index (χ1v) is 7.98. The lowest BCUT2D eigenvalue weighted by molar-refractivity contribution is 0.0933. The molecule has 6 nitrogen and oxygen atoms in total. The number of benzene rings is 1. The van der Waals surface area contributed by atoms with E-state index in [2.05, 4.69) is 4.28 Å². The minimum absolute atomic E-state index is 0.0530. The minimum Gasteiger partial charge on any atom is -0.448 e. The van der Waals surface area contributed by atoms with Crippen LogP contribution in [0.5, 0.6) is 0 Å². The zero-order valence-corrected chi connectivity index (χ0v) is 13.7. The number of nitrogens with one attached hydrogen (secondary N) is 1. The van der Waals surface area contributed by atoms with Gasteiger partial charge in [0.05, 0.1) is 6.61 Å². The summed E-state index contributed by atoms with van der Waals surface area (Å²) in [6, 6.07) is 3.47. The molecule has 0 fully saturated rings. The van der Waals surface area contributed by atoms with Gasteiger partial charge in [0.15, 0.2) is 0 Å². The molecule has 1 aromatic carbocycles. The summed E-state index contributed by atoms with van der Waals surface area (Å²) in [6.07, 6.45) is -0.935. The van der Waals surface area contributed by atoms with Gasteiger partial charge in [0, 0.05) is 0 Å². The van der Waals surface area contributed by atoms with E-state index in [9.17, 15) is 13.2 Å². The molecular weight excluding hydrogens is 294 g/mol. The van der Waals surface area contributed by atoms with E-state index in [0.29, 0.717) is 11.1 Å². The summed E-state index contributed by atoms with van der Waals surface area (Å²) < 4.78 is 33.6. The highest BCUT2D eigenvalue weighted by Crippen LogP contribution is 2.22. The molecule has 0 aromatic heterocycles. The Labute approximate surface area is 125 Å². The number of amides is 1. The summed E-state index contributed by atoms with van der Waals surface area (Å²) in [5.74, 6) is 0.147. The molecule has 0 spiro atoms. The molecule has 0 unspecified atom stereocenters. The van der Waals surface area contributed by atoms with Crippen LogP contribution >= 0.6 is 0 Å². The van der Waals surface area contributed by atoms with Crippen molar-refractivity contribution in [1.29, 1.82) is 0 Å². The second-order valence-electron chi connectivity index (χ2n) is 5.36. The van der Waals surface area contributed by atoms with E-state index >= 15 is 0 Å². The molecule has 0 aliphatic carbocycles. The van der Waals surface area contributed by atoms with E-state index in [1.54, 1.807) is 31.5 Å². The first-order valence-electron chi connectivity index (χ1n) is 6.57. The second kappa shape index (κ2) is 6.91. The van der Waals surface area contributed by atoms with Crippen LogP contribution < -0.4 is 5.48 Å². The van der Waals surface area contributed by atoms with Gasteiger partial charge in [-0.2, -0.15) is 13.9 Å². The number of hydroxylamine groups is 1. The molecule has 0 heterocycles. The van der Waals surface area contributed by atoms with E-state index in [4.69, 9.17) is 4.74 Å². The number of hydrogen-bond acceptors (Lipinski definition) is 5. The van der Waals surface area contributed by atoms with Crippen LogP contribution in [0, 0.1) is 26.7 Å². The Kier molecular flexibility index (Phi) is 5.74. The summed E-state index contributed by atoms with van der Waals surface area (Å²) in [7, 11) is -4.08. The van der Waals surface area contributed by atoms with E-state index in [1.807, 2.05) is 20.8 Å². The maximum Gasteiger partial charge on any atom is 0.432 e. The lowest BCUT2D eigenvalue weighted by Gasteiger charge is -2.12. The molecule has 21 heavy (non-hydrogen) atoms. The molecule has 1 amide bonds. The molecule has 0 atom stereocenters. The van der Waals surface area contributed by atoms with Crippen molar-refractivity contribution in [2.24, 2.45) is 5.92 Å². The minimum atomic E-state index is -4.08. The number of ether oxygens (including phenoxy) is 1. The SMILES string of the molecule is Cc1cc(C)c(S(=O)(=O)ONC(=O)OCC(C)C)c(C)c1. The molecule has 0 saturated carbocycles. The van der Waals surface area contributed by atoms with Gasteiger partial charge in [-0.15, -0.1) is 4.28 Å². The van der Waals surface area contributed by atoms with Gasteiger partial charge in [-0.25, -0.2) is 4.79 Å². The van der Waals surface area contributed by atoms with E-state index < -0.39 is 16.2 Å². The molecule has 7 heteroatoms. The Bertz CT molecular complexity index is 599. The van der Waals surface area contributed by atoms with E-state index in [0.717, 1.165) is 5.56 Å². The Morgan fingerprint density at radius 1 is 1.19 bits per heavy atom. The molecule has 0 saturated heterocycles. The van der Waals surface area contributed by atoms with Crippen molar-refractivity contribution in [3.63, 3.8) is 0 Å². The lowest BCUT2D eigenvalue weighted by Crippen LogP contribution is -2.29. The predicted molar refractivity (Wildman–Crippen MR) is 78.2 cm³/mol. The highest BCUT2D eigenvalue weighted by molar-refractivity contribution is 7.86. The number of carbonyl (C=O) groups is 1. The van der Waals surface area contributed by atoms with Crippen LogP contribution in [0.3, 0.4) is 0 Å². The average molecular weight is 315 g/mol. The van der Waals surface area contributed by atoms with Crippen molar-refractivity contribution >= 4 is 16.2 Å². The van der Waals surface area contributed by atoms with Crippen LogP contribution in [0.2, 0.25) is 0 Å². The third kappa shape index (κ3) is 5.02. The molecular formula is C14H21NO5S. The molecule has 1 N–H and O–H groups in total. The first kappa shape index (κ1) is 17.5.